The van der Waals surface area contributed by atoms with Gasteiger partial charge in [-0.3, -0.25) is 9.59 Å². The largest absolute Gasteiger partial charge is 0.481 e. The van der Waals surface area contributed by atoms with E-state index in [1.165, 1.54) is 148 Å². The number of hydrogen-bond donors (Lipinski definition) is 3. The lowest BCUT2D eigenvalue weighted by Gasteiger charge is -2.29. The van der Waals surface area contributed by atoms with Crippen molar-refractivity contribution in [2.75, 3.05) is 6.54 Å². The number of hydroxylamine groups is 2. The first-order valence-electron chi connectivity index (χ1n) is 18.8. The Hall–Kier alpha value is -1.14. The summed E-state index contributed by atoms with van der Waals surface area (Å²) in [4.78, 5) is 21.8. The summed E-state index contributed by atoms with van der Waals surface area (Å²) < 4.78 is 0. The van der Waals surface area contributed by atoms with E-state index < -0.39 is 17.5 Å². The molecule has 1 aliphatic rings. The Balaban J connectivity index is 0.000000869. The molecule has 1 aliphatic heterocycles. The van der Waals surface area contributed by atoms with Crippen LogP contribution in [0.4, 0.5) is 0 Å². The predicted molar refractivity (Wildman–Crippen MR) is 181 cm³/mol. The van der Waals surface area contributed by atoms with Crippen molar-refractivity contribution in [3.05, 3.63) is 0 Å². The molecule has 0 spiro atoms. The molecule has 6 heteroatoms. The SMILES string of the molecule is CCCCCCCCCCCCCCCC(=O)O.CCCCCCCCCCCCCCCC[C@@]1(C(=O)O)CCCN1O. The number of carboxylic acids is 2. The average Bonchev–Trinajstić information content (AvgIpc) is 3.37. The number of aliphatic carboxylic acids is 2. The smallest absolute Gasteiger partial charge is 0.326 e. The predicted octanol–water partition coefficient (Wildman–Crippen LogP) is 11.7. The second-order valence-corrected chi connectivity index (χ2v) is 13.3. The summed E-state index contributed by atoms with van der Waals surface area (Å²) in [6, 6.07) is 0. The first-order valence-corrected chi connectivity index (χ1v) is 18.8. The van der Waals surface area contributed by atoms with E-state index >= 15 is 0 Å². The Morgan fingerprint density at radius 2 is 0.860 bits per heavy atom. The first kappa shape index (κ1) is 41.9. The van der Waals surface area contributed by atoms with Gasteiger partial charge in [-0.15, -0.1) is 0 Å². The van der Waals surface area contributed by atoms with E-state index in [0.717, 1.165) is 37.2 Å². The molecule has 43 heavy (non-hydrogen) atoms. The molecular formula is C37H73NO5. The van der Waals surface area contributed by atoms with Gasteiger partial charge in [0, 0.05) is 13.0 Å². The van der Waals surface area contributed by atoms with Gasteiger partial charge in [0.1, 0.15) is 5.54 Å². The Morgan fingerprint density at radius 1 is 0.535 bits per heavy atom. The lowest BCUT2D eigenvalue weighted by Crippen LogP contribution is -2.48. The van der Waals surface area contributed by atoms with Crippen LogP contribution in [0.5, 0.6) is 0 Å². The number of unbranched alkanes of at least 4 members (excludes halogenated alkanes) is 25. The van der Waals surface area contributed by atoms with Crippen molar-refractivity contribution in [3.8, 4) is 0 Å². The van der Waals surface area contributed by atoms with Crippen molar-refractivity contribution >= 4 is 11.9 Å². The van der Waals surface area contributed by atoms with Gasteiger partial charge >= 0.3 is 11.9 Å². The van der Waals surface area contributed by atoms with E-state index in [2.05, 4.69) is 13.8 Å². The second kappa shape index (κ2) is 30.9. The number of carboxylic acid groups (broad SMARTS) is 2. The van der Waals surface area contributed by atoms with Gasteiger partial charge in [-0.05, 0) is 25.7 Å². The van der Waals surface area contributed by atoms with Gasteiger partial charge in [-0.25, -0.2) is 0 Å². The molecule has 3 N–H and O–H groups in total. The zero-order valence-electron chi connectivity index (χ0n) is 28.7. The fourth-order valence-corrected chi connectivity index (χ4v) is 6.35. The molecule has 1 heterocycles. The van der Waals surface area contributed by atoms with Crippen LogP contribution in [-0.2, 0) is 9.59 Å². The van der Waals surface area contributed by atoms with Crippen LogP contribution in [0.2, 0.25) is 0 Å². The van der Waals surface area contributed by atoms with E-state index in [1.807, 2.05) is 0 Å². The molecule has 1 atom stereocenters. The van der Waals surface area contributed by atoms with Crippen LogP contribution in [0, 0.1) is 0 Å². The van der Waals surface area contributed by atoms with Gasteiger partial charge in [0.2, 0.25) is 0 Å². The highest BCUT2D eigenvalue weighted by atomic mass is 16.5. The molecule has 0 saturated carbocycles. The number of rotatable bonds is 30. The van der Waals surface area contributed by atoms with E-state index in [-0.39, 0.29) is 0 Å². The van der Waals surface area contributed by atoms with Crippen LogP contribution in [0.3, 0.4) is 0 Å². The zero-order valence-corrected chi connectivity index (χ0v) is 28.7. The fraction of sp³-hybridized carbons (Fsp3) is 0.946. The summed E-state index contributed by atoms with van der Waals surface area (Å²) in [5, 5.41) is 28.9. The summed E-state index contributed by atoms with van der Waals surface area (Å²) in [5.41, 5.74) is -1.00. The summed E-state index contributed by atoms with van der Waals surface area (Å²) in [5.74, 6) is -1.51. The Labute approximate surface area is 266 Å². The third-order valence-corrected chi connectivity index (χ3v) is 9.29. The summed E-state index contributed by atoms with van der Waals surface area (Å²) in [6.07, 6.45) is 37.4. The van der Waals surface area contributed by atoms with Crippen molar-refractivity contribution in [1.82, 2.24) is 5.06 Å². The highest BCUT2D eigenvalue weighted by Gasteiger charge is 2.46. The Bertz CT molecular complexity index is 628. The van der Waals surface area contributed by atoms with Crippen LogP contribution in [0.1, 0.15) is 213 Å². The molecule has 0 aliphatic carbocycles. The average molecular weight is 612 g/mol. The topological polar surface area (TPSA) is 98.1 Å². The van der Waals surface area contributed by atoms with Gasteiger partial charge in [-0.2, -0.15) is 5.06 Å². The van der Waals surface area contributed by atoms with Crippen LogP contribution in [0.15, 0.2) is 0 Å². The molecule has 0 radical (unpaired) electrons. The standard InChI is InChI=1S/C21H41NO3.C16H32O2/c1-2-3-4-5-6-7-8-9-10-11-12-13-14-15-17-21(20(23)24)18-16-19-22(21)25;1-2-3-4-5-6-7-8-9-10-11-12-13-14-15-16(17)18/h25H,2-19H2,1H3,(H,23,24);2-15H2,1H3,(H,17,18)/t21-;/m0./s1. The molecule has 0 amide bonds. The monoisotopic (exact) mass is 612 g/mol. The normalized spacial score (nSPS) is 16.7. The molecule has 0 unspecified atom stereocenters. The highest BCUT2D eigenvalue weighted by Crippen LogP contribution is 2.33. The molecule has 256 valence electrons. The molecule has 0 bridgehead atoms. The van der Waals surface area contributed by atoms with Crippen molar-refractivity contribution in [1.29, 1.82) is 0 Å². The molecular weight excluding hydrogens is 538 g/mol. The minimum atomic E-state index is -1.00. The minimum Gasteiger partial charge on any atom is -0.481 e. The molecule has 1 fully saturated rings. The van der Waals surface area contributed by atoms with Gasteiger partial charge < -0.3 is 15.4 Å². The minimum absolute atomic E-state index is 0.345. The van der Waals surface area contributed by atoms with E-state index in [1.54, 1.807) is 0 Å². The van der Waals surface area contributed by atoms with Crippen molar-refractivity contribution < 1.29 is 25.0 Å². The Kier molecular flexibility index (Phi) is 30.0. The third-order valence-electron chi connectivity index (χ3n) is 9.29. The molecule has 1 rings (SSSR count). The number of nitrogens with zero attached hydrogens (tertiary/aromatic N) is 1. The number of hydrogen-bond acceptors (Lipinski definition) is 4. The van der Waals surface area contributed by atoms with Crippen molar-refractivity contribution in [3.63, 3.8) is 0 Å². The molecule has 0 aromatic carbocycles. The van der Waals surface area contributed by atoms with Crippen LogP contribution in [0.25, 0.3) is 0 Å². The van der Waals surface area contributed by atoms with Gasteiger partial charge in [0.25, 0.3) is 0 Å². The van der Waals surface area contributed by atoms with E-state index in [0.29, 0.717) is 25.8 Å². The maximum Gasteiger partial charge on any atom is 0.326 e. The van der Waals surface area contributed by atoms with Crippen molar-refractivity contribution in [2.45, 2.75) is 218 Å². The zero-order chi connectivity index (χ0) is 31.9. The molecule has 6 nitrogen and oxygen atoms in total. The van der Waals surface area contributed by atoms with Crippen LogP contribution in [-0.4, -0.2) is 44.5 Å². The van der Waals surface area contributed by atoms with Crippen molar-refractivity contribution in [2.24, 2.45) is 0 Å². The molecule has 1 saturated heterocycles. The molecule has 0 aromatic heterocycles. The second-order valence-electron chi connectivity index (χ2n) is 13.3. The lowest BCUT2D eigenvalue weighted by molar-refractivity contribution is -0.186. The van der Waals surface area contributed by atoms with Crippen LogP contribution < -0.4 is 0 Å². The van der Waals surface area contributed by atoms with E-state index in [9.17, 15) is 19.9 Å². The van der Waals surface area contributed by atoms with Gasteiger partial charge in [0.15, 0.2) is 0 Å². The first-order chi connectivity index (χ1) is 20.9. The summed E-state index contributed by atoms with van der Waals surface area (Å²) in [7, 11) is 0. The highest BCUT2D eigenvalue weighted by molar-refractivity contribution is 5.78. The fourth-order valence-electron chi connectivity index (χ4n) is 6.35. The quantitative estimate of drug-likeness (QED) is 0.0699. The summed E-state index contributed by atoms with van der Waals surface area (Å²) in [6.45, 7) is 5.02. The Morgan fingerprint density at radius 3 is 1.14 bits per heavy atom. The van der Waals surface area contributed by atoms with Gasteiger partial charge in [-0.1, -0.05) is 181 Å². The van der Waals surface area contributed by atoms with Gasteiger partial charge in [0.05, 0.1) is 0 Å². The summed E-state index contributed by atoms with van der Waals surface area (Å²) >= 11 is 0. The molecule has 0 aromatic rings. The number of carbonyl (C=O) groups is 2. The maximum absolute atomic E-state index is 11.5. The third kappa shape index (κ3) is 24.8. The lowest BCUT2D eigenvalue weighted by atomic mass is 9.90. The maximum atomic E-state index is 11.5. The van der Waals surface area contributed by atoms with E-state index in [4.69, 9.17) is 5.11 Å². The van der Waals surface area contributed by atoms with Crippen LogP contribution >= 0.6 is 0 Å².